The smallest absolute Gasteiger partial charge is 0.258 e. The van der Waals surface area contributed by atoms with Crippen LogP contribution < -0.4 is 10.6 Å². The van der Waals surface area contributed by atoms with Crippen LogP contribution in [0, 0.1) is 15.2 Å². The van der Waals surface area contributed by atoms with E-state index in [1.54, 1.807) is 6.92 Å². The highest BCUT2D eigenvalue weighted by atomic mass is 127. The highest BCUT2D eigenvalue weighted by Crippen LogP contribution is 2.21. The van der Waals surface area contributed by atoms with Crippen LogP contribution in [0.5, 0.6) is 0 Å². The molecule has 2 rings (SSSR count). The molecule has 4 nitrogen and oxygen atoms in total. The summed E-state index contributed by atoms with van der Waals surface area (Å²) in [7, 11) is 0. The first-order valence-corrected chi connectivity index (χ1v) is 7.25. The number of hydrogen-bond acceptors (Lipinski definition) is 3. The lowest BCUT2D eigenvalue weighted by atomic mass is 10.2. The standard InChI is InChI=1S/C14H12F2IN3O/c1-2-18-13-12(16)9(5-6-19-13)14(21)20-11-4-3-8(15)7-10(11)17/h3-7H,2H2,1H3,(H,18,19)(H,20,21). The van der Waals surface area contributed by atoms with Gasteiger partial charge in [0.1, 0.15) is 5.82 Å². The van der Waals surface area contributed by atoms with Crippen LogP contribution in [0.2, 0.25) is 0 Å². The second kappa shape index (κ2) is 6.79. The van der Waals surface area contributed by atoms with E-state index in [1.807, 2.05) is 22.6 Å². The molecule has 1 amide bonds. The SMILES string of the molecule is CCNc1nccc(C(=O)Nc2ccc(F)cc2I)c1F. The van der Waals surface area contributed by atoms with Crippen molar-refractivity contribution >= 4 is 40.0 Å². The summed E-state index contributed by atoms with van der Waals surface area (Å²) < 4.78 is 27.7. The summed E-state index contributed by atoms with van der Waals surface area (Å²) >= 11 is 1.89. The van der Waals surface area contributed by atoms with E-state index in [2.05, 4.69) is 15.6 Å². The van der Waals surface area contributed by atoms with Crippen molar-refractivity contribution in [2.75, 3.05) is 17.2 Å². The molecule has 0 aliphatic heterocycles. The summed E-state index contributed by atoms with van der Waals surface area (Å²) in [5, 5.41) is 5.29. The molecule has 1 aromatic heterocycles. The Morgan fingerprint density at radius 1 is 1.33 bits per heavy atom. The fraction of sp³-hybridized carbons (Fsp3) is 0.143. The number of rotatable bonds is 4. The van der Waals surface area contributed by atoms with Crippen molar-refractivity contribution in [1.82, 2.24) is 4.98 Å². The Bertz CT molecular complexity index is 679. The molecule has 1 heterocycles. The summed E-state index contributed by atoms with van der Waals surface area (Å²) in [5.74, 6) is -1.70. The quantitative estimate of drug-likeness (QED) is 0.767. The first-order valence-electron chi connectivity index (χ1n) is 6.17. The molecule has 0 aliphatic carbocycles. The number of nitrogens with zero attached hydrogens (tertiary/aromatic N) is 1. The monoisotopic (exact) mass is 403 g/mol. The molecule has 0 bridgehead atoms. The van der Waals surface area contributed by atoms with E-state index in [9.17, 15) is 13.6 Å². The van der Waals surface area contributed by atoms with Gasteiger partial charge in [0.2, 0.25) is 0 Å². The van der Waals surface area contributed by atoms with Crippen LogP contribution >= 0.6 is 22.6 Å². The van der Waals surface area contributed by atoms with Gasteiger partial charge in [0, 0.05) is 16.3 Å². The van der Waals surface area contributed by atoms with Gasteiger partial charge in [-0.05, 0) is 53.8 Å². The average molecular weight is 403 g/mol. The van der Waals surface area contributed by atoms with Gasteiger partial charge in [0.05, 0.1) is 11.3 Å². The van der Waals surface area contributed by atoms with Crippen LogP contribution in [0.15, 0.2) is 30.5 Å². The summed E-state index contributed by atoms with van der Waals surface area (Å²) in [6, 6.07) is 5.23. The predicted molar refractivity (Wildman–Crippen MR) is 85.4 cm³/mol. The van der Waals surface area contributed by atoms with E-state index in [4.69, 9.17) is 0 Å². The summed E-state index contributed by atoms with van der Waals surface area (Å²) in [6.45, 7) is 2.29. The van der Waals surface area contributed by atoms with Crippen LogP contribution in [0.25, 0.3) is 0 Å². The Labute approximate surface area is 134 Å². The molecule has 2 N–H and O–H groups in total. The van der Waals surface area contributed by atoms with Gasteiger partial charge in [0.15, 0.2) is 11.6 Å². The molecule has 7 heteroatoms. The third-order valence-corrected chi connectivity index (χ3v) is 3.55. The lowest BCUT2D eigenvalue weighted by Crippen LogP contribution is -2.16. The fourth-order valence-corrected chi connectivity index (χ4v) is 2.30. The minimum atomic E-state index is -0.714. The molecule has 0 saturated carbocycles. The lowest BCUT2D eigenvalue weighted by Gasteiger charge is -2.10. The number of aromatic nitrogens is 1. The van der Waals surface area contributed by atoms with Crippen molar-refractivity contribution in [1.29, 1.82) is 0 Å². The van der Waals surface area contributed by atoms with Crippen molar-refractivity contribution in [3.63, 3.8) is 0 Å². The van der Waals surface area contributed by atoms with Crippen LogP contribution in [-0.2, 0) is 0 Å². The number of halogens is 3. The molecule has 0 aliphatic rings. The summed E-state index contributed by atoms with van der Waals surface area (Å²) in [4.78, 5) is 16.0. The lowest BCUT2D eigenvalue weighted by molar-refractivity contribution is 0.102. The van der Waals surface area contributed by atoms with Gasteiger partial charge in [-0.3, -0.25) is 4.79 Å². The van der Waals surface area contributed by atoms with E-state index in [0.29, 0.717) is 15.8 Å². The molecule has 110 valence electrons. The maximum Gasteiger partial charge on any atom is 0.258 e. The zero-order valence-electron chi connectivity index (χ0n) is 11.1. The molecule has 2 aromatic rings. The second-order valence-electron chi connectivity index (χ2n) is 4.13. The first-order chi connectivity index (χ1) is 10.0. The number of anilines is 2. The van der Waals surface area contributed by atoms with Crippen molar-refractivity contribution < 1.29 is 13.6 Å². The van der Waals surface area contributed by atoms with Crippen molar-refractivity contribution in [3.05, 3.63) is 51.2 Å². The fourth-order valence-electron chi connectivity index (χ4n) is 1.69. The van der Waals surface area contributed by atoms with Crippen molar-refractivity contribution in [2.24, 2.45) is 0 Å². The Kier molecular flexibility index (Phi) is 5.05. The first kappa shape index (κ1) is 15.6. The minimum Gasteiger partial charge on any atom is -0.368 e. The van der Waals surface area contributed by atoms with Gasteiger partial charge in [-0.15, -0.1) is 0 Å². The number of benzene rings is 1. The third kappa shape index (κ3) is 3.66. The molecule has 21 heavy (non-hydrogen) atoms. The maximum absolute atomic E-state index is 14.1. The molecular weight excluding hydrogens is 391 g/mol. The topological polar surface area (TPSA) is 54.0 Å². The van der Waals surface area contributed by atoms with E-state index in [-0.39, 0.29) is 11.4 Å². The Balaban J connectivity index is 2.26. The van der Waals surface area contributed by atoms with Gasteiger partial charge in [0.25, 0.3) is 5.91 Å². The van der Waals surface area contributed by atoms with Crippen LogP contribution in [0.3, 0.4) is 0 Å². The molecule has 1 aromatic carbocycles. The van der Waals surface area contributed by atoms with Crippen molar-refractivity contribution in [2.45, 2.75) is 6.92 Å². The zero-order valence-corrected chi connectivity index (χ0v) is 13.2. The number of carbonyl (C=O) groups excluding carboxylic acids is 1. The molecule has 0 fully saturated rings. The number of pyridine rings is 1. The van der Waals surface area contributed by atoms with E-state index in [1.165, 1.54) is 30.5 Å². The average Bonchev–Trinajstić information content (AvgIpc) is 2.44. The van der Waals surface area contributed by atoms with Crippen LogP contribution in [0.4, 0.5) is 20.3 Å². The normalized spacial score (nSPS) is 10.3. The van der Waals surface area contributed by atoms with Crippen LogP contribution in [0.1, 0.15) is 17.3 Å². The highest BCUT2D eigenvalue weighted by molar-refractivity contribution is 14.1. The van der Waals surface area contributed by atoms with Gasteiger partial charge < -0.3 is 10.6 Å². The Hall–Kier alpha value is -1.77. The number of carbonyl (C=O) groups is 1. The zero-order chi connectivity index (χ0) is 15.4. The predicted octanol–water partition coefficient (Wildman–Crippen LogP) is 3.65. The number of amides is 1. The van der Waals surface area contributed by atoms with Gasteiger partial charge in [-0.25, -0.2) is 13.8 Å². The third-order valence-electron chi connectivity index (χ3n) is 2.66. The van der Waals surface area contributed by atoms with Gasteiger partial charge >= 0.3 is 0 Å². The molecule has 0 saturated heterocycles. The summed E-state index contributed by atoms with van der Waals surface area (Å²) in [5.41, 5.74) is 0.296. The Morgan fingerprint density at radius 2 is 2.10 bits per heavy atom. The number of hydrogen-bond donors (Lipinski definition) is 2. The van der Waals surface area contributed by atoms with Gasteiger partial charge in [-0.1, -0.05) is 0 Å². The molecule has 0 radical (unpaired) electrons. The largest absolute Gasteiger partial charge is 0.368 e. The van der Waals surface area contributed by atoms with Crippen LogP contribution in [-0.4, -0.2) is 17.4 Å². The van der Waals surface area contributed by atoms with E-state index >= 15 is 0 Å². The molecule has 0 unspecified atom stereocenters. The van der Waals surface area contributed by atoms with Crippen molar-refractivity contribution in [3.8, 4) is 0 Å². The minimum absolute atomic E-state index is 0.0268. The van der Waals surface area contributed by atoms with Gasteiger partial charge in [-0.2, -0.15) is 0 Å². The second-order valence-corrected chi connectivity index (χ2v) is 5.29. The molecular formula is C14H12F2IN3O. The molecule has 0 atom stereocenters. The Morgan fingerprint density at radius 3 is 2.76 bits per heavy atom. The van der Waals surface area contributed by atoms with E-state index < -0.39 is 17.5 Å². The highest BCUT2D eigenvalue weighted by Gasteiger charge is 2.16. The summed E-state index contributed by atoms with van der Waals surface area (Å²) in [6.07, 6.45) is 1.35. The van der Waals surface area contributed by atoms with E-state index in [0.717, 1.165) is 0 Å². The maximum atomic E-state index is 14.1. The number of nitrogens with one attached hydrogen (secondary N) is 2. The molecule has 0 spiro atoms.